The minimum atomic E-state index is -1.09. The van der Waals surface area contributed by atoms with Crippen LogP contribution in [0.5, 0.6) is 0 Å². The molecule has 7 rings (SSSR count). The third-order valence-electron chi connectivity index (χ3n) is 8.27. The average Bonchev–Trinajstić information content (AvgIpc) is 3.65. The summed E-state index contributed by atoms with van der Waals surface area (Å²) in [5.74, 6) is -1.25. The van der Waals surface area contributed by atoms with E-state index in [2.05, 4.69) is 12.2 Å². The Hall–Kier alpha value is -3.54. The van der Waals surface area contributed by atoms with Gasteiger partial charge in [0, 0.05) is 12.0 Å². The van der Waals surface area contributed by atoms with Crippen LogP contribution in [-0.4, -0.2) is 41.1 Å². The smallest absolute Gasteiger partial charge is 0.330 e. The van der Waals surface area contributed by atoms with Gasteiger partial charge in [0.25, 0.3) is 0 Å². The Kier molecular flexibility index (Phi) is 5.20. The van der Waals surface area contributed by atoms with Crippen molar-refractivity contribution < 1.29 is 23.9 Å². The number of imide groups is 1. The molecule has 0 unspecified atom stereocenters. The lowest BCUT2D eigenvalue weighted by Gasteiger charge is -2.37. The molecule has 0 N–H and O–H groups in total. The number of amides is 2. The van der Waals surface area contributed by atoms with Gasteiger partial charge in [-0.25, -0.2) is 4.79 Å². The second-order valence-corrected chi connectivity index (χ2v) is 10.3. The van der Waals surface area contributed by atoms with Gasteiger partial charge in [-0.05, 0) is 42.6 Å². The van der Waals surface area contributed by atoms with Crippen LogP contribution in [-0.2, 0) is 25.5 Å². The van der Waals surface area contributed by atoms with Crippen LogP contribution >= 0.6 is 0 Å². The number of carbonyl (C=O) groups is 4. The Bertz CT molecular complexity index is 1200. The van der Waals surface area contributed by atoms with Crippen molar-refractivity contribution in [1.82, 2.24) is 4.90 Å². The lowest BCUT2D eigenvalue weighted by molar-refractivity contribution is -0.158. The third kappa shape index (κ3) is 3.63. The van der Waals surface area contributed by atoms with Gasteiger partial charge in [0.2, 0.25) is 11.8 Å². The van der Waals surface area contributed by atoms with E-state index in [1.165, 1.54) is 4.90 Å². The van der Waals surface area contributed by atoms with Gasteiger partial charge in [-0.2, -0.15) is 0 Å². The number of esters is 1. The Balaban J connectivity index is 1.25. The van der Waals surface area contributed by atoms with Gasteiger partial charge in [-0.1, -0.05) is 72.3 Å². The summed E-state index contributed by atoms with van der Waals surface area (Å²) in [5.41, 5.74) is 2.29. The van der Waals surface area contributed by atoms with E-state index in [1.54, 1.807) is 12.1 Å². The fourth-order valence-electron chi connectivity index (χ4n) is 6.46. The minimum Gasteiger partial charge on any atom is -0.456 e. The SMILES string of the molecule is Cc1ccc(C(=O)COC(=O)[C@H](Cc2ccccc2)N2C(=O)[C@@H]3[C@@H]4C=C[C@H]([C@H]5C[C@H]45)[C@@H]3C2=O)cc1. The molecule has 0 aromatic heterocycles. The molecule has 2 amide bonds. The van der Waals surface area contributed by atoms with Crippen LogP contribution in [0, 0.1) is 42.4 Å². The number of Topliss-reactive ketones (excluding diaryl/α,β-unsaturated/α-hetero) is 1. The predicted octanol–water partition coefficient (Wildman–Crippen LogP) is 3.39. The summed E-state index contributed by atoms with van der Waals surface area (Å²) in [7, 11) is 0. The number of benzene rings is 2. The fourth-order valence-corrected chi connectivity index (χ4v) is 6.46. The van der Waals surface area contributed by atoms with E-state index in [1.807, 2.05) is 49.4 Å². The first-order valence-electron chi connectivity index (χ1n) is 12.3. The van der Waals surface area contributed by atoms with Crippen molar-refractivity contribution in [3.63, 3.8) is 0 Å². The molecule has 1 heterocycles. The van der Waals surface area contributed by atoms with Crippen molar-refractivity contribution in [1.29, 1.82) is 0 Å². The van der Waals surface area contributed by atoms with E-state index in [0.29, 0.717) is 17.4 Å². The molecular weight excluding hydrogens is 442 g/mol. The molecular formula is C29H27NO5. The summed E-state index contributed by atoms with van der Waals surface area (Å²) in [6.07, 6.45) is 5.45. The van der Waals surface area contributed by atoms with Gasteiger partial charge in [0.15, 0.2) is 12.4 Å². The number of hydrogen-bond donors (Lipinski definition) is 0. The molecule has 2 aromatic rings. The molecule has 4 aliphatic carbocycles. The zero-order chi connectivity index (χ0) is 24.3. The number of aryl methyl sites for hydroxylation is 1. The Morgan fingerprint density at radius 1 is 0.914 bits per heavy atom. The van der Waals surface area contributed by atoms with Gasteiger partial charge in [0.05, 0.1) is 11.8 Å². The molecule has 6 nitrogen and oxygen atoms in total. The van der Waals surface area contributed by atoms with E-state index < -0.39 is 18.6 Å². The zero-order valence-electron chi connectivity index (χ0n) is 19.5. The standard InChI is InChI=1S/C29H27NO5/c1-16-7-9-18(10-8-16)24(31)15-35-29(34)23(13-17-5-3-2-4-6-17)30-27(32)25-19-11-12-20(22-14-21(19)22)26(25)28(30)33/h2-12,19-23,25-26H,13-15H2,1H3/t19-,20-,21-,22-,23+,25-,26+/m1/s1. The maximum absolute atomic E-state index is 13.6. The van der Waals surface area contributed by atoms with Crippen molar-refractivity contribution in [3.05, 3.63) is 83.4 Å². The maximum atomic E-state index is 13.6. The quantitative estimate of drug-likeness (QED) is 0.269. The summed E-state index contributed by atoms with van der Waals surface area (Å²) in [5, 5.41) is 0. The minimum absolute atomic E-state index is 0.0768. The van der Waals surface area contributed by atoms with E-state index >= 15 is 0 Å². The highest BCUT2D eigenvalue weighted by atomic mass is 16.5. The van der Waals surface area contributed by atoms with E-state index in [4.69, 9.17) is 4.74 Å². The van der Waals surface area contributed by atoms with Gasteiger partial charge in [-0.15, -0.1) is 0 Å². The van der Waals surface area contributed by atoms with Crippen LogP contribution in [0.4, 0.5) is 0 Å². The molecule has 0 radical (unpaired) electrons. The molecule has 2 bridgehead atoms. The van der Waals surface area contributed by atoms with Crippen LogP contribution in [0.2, 0.25) is 0 Å². The fraction of sp³-hybridized carbons (Fsp3) is 0.379. The van der Waals surface area contributed by atoms with Crippen molar-refractivity contribution in [3.8, 4) is 0 Å². The van der Waals surface area contributed by atoms with Gasteiger partial charge < -0.3 is 4.74 Å². The molecule has 5 aliphatic rings. The molecule has 1 aliphatic heterocycles. The zero-order valence-corrected chi connectivity index (χ0v) is 19.5. The first-order valence-corrected chi connectivity index (χ1v) is 12.3. The highest BCUT2D eigenvalue weighted by Crippen LogP contribution is 2.65. The number of likely N-dealkylation sites (tertiary alicyclic amines) is 1. The van der Waals surface area contributed by atoms with Crippen LogP contribution in [0.25, 0.3) is 0 Å². The van der Waals surface area contributed by atoms with E-state index in [9.17, 15) is 19.2 Å². The normalized spacial score (nSPS) is 30.6. The molecule has 6 heteroatoms. The molecule has 1 saturated heterocycles. The number of nitrogens with zero attached hydrogens (tertiary/aromatic N) is 1. The summed E-state index contributed by atoms with van der Waals surface area (Å²) in [6, 6.07) is 15.2. The second-order valence-electron chi connectivity index (χ2n) is 10.3. The Morgan fingerprint density at radius 2 is 1.51 bits per heavy atom. The first-order chi connectivity index (χ1) is 16.9. The van der Waals surface area contributed by atoms with Gasteiger partial charge in [-0.3, -0.25) is 19.3 Å². The van der Waals surface area contributed by atoms with Crippen LogP contribution in [0.15, 0.2) is 66.7 Å². The van der Waals surface area contributed by atoms with Gasteiger partial charge >= 0.3 is 5.97 Å². The Morgan fingerprint density at radius 3 is 2.11 bits per heavy atom. The largest absolute Gasteiger partial charge is 0.456 e. The summed E-state index contributed by atoms with van der Waals surface area (Å²) < 4.78 is 5.43. The molecule has 7 atom stereocenters. The van der Waals surface area contributed by atoms with Crippen LogP contribution in [0.1, 0.15) is 27.9 Å². The lowest BCUT2D eigenvalue weighted by Crippen LogP contribution is -2.48. The molecule has 3 fully saturated rings. The van der Waals surface area contributed by atoms with Crippen LogP contribution in [0.3, 0.4) is 0 Å². The van der Waals surface area contributed by atoms with Crippen molar-refractivity contribution in [2.45, 2.75) is 25.8 Å². The highest BCUT2D eigenvalue weighted by molar-refractivity contribution is 6.09. The molecule has 2 saturated carbocycles. The number of carbonyl (C=O) groups excluding carboxylic acids is 4. The predicted molar refractivity (Wildman–Crippen MR) is 127 cm³/mol. The number of allylic oxidation sites excluding steroid dienone is 2. The number of ether oxygens (including phenoxy) is 1. The second kappa shape index (κ2) is 8.29. The van der Waals surface area contributed by atoms with Crippen molar-refractivity contribution in [2.24, 2.45) is 35.5 Å². The molecule has 2 aromatic carbocycles. The maximum Gasteiger partial charge on any atom is 0.330 e. The monoisotopic (exact) mass is 469 g/mol. The van der Waals surface area contributed by atoms with Crippen molar-refractivity contribution in [2.75, 3.05) is 6.61 Å². The highest BCUT2D eigenvalue weighted by Gasteiger charge is 2.68. The van der Waals surface area contributed by atoms with Crippen molar-refractivity contribution >= 4 is 23.6 Å². The summed E-state index contributed by atoms with van der Waals surface area (Å²) >= 11 is 0. The Labute approximate surface area is 203 Å². The number of ketones is 1. The first kappa shape index (κ1) is 22.0. The molecule has 178 valence electrons. The van der Waals surface area contributed by atoms with Gasteiger partial charge in [0.1, 0.15) is 6.04 Å². The molecule has 35 heavy (non-hydrogen) atoms. The lowest BCUT2D eigenvalue weighted by atomic mass is 9.63. The number of rotatable bonds is 7. The summed E-state index contributed by atoms with van der Waals surface area (Å²) in [6.45, 7) is 1.49. The topological polar surface area (TPSA) is 80.8 Å². The molecule has 0 spiro atoms. The van der Waals surface area contributed by atoms with Crippen LogP contribution < -0.4 is 0 Å². The number of hydrogen-bond acceptors (Lipinski definition) is 5. The van der Waals surface area contributed by atoms with E-state index in [-0.39, 0.29) is 47.7 Å². The average molecular weight is 470 g/mol. The van der Waals surface area contributed by atoms with E-state index in [0.717, 1.165) is 17.5 Å². The third-order valence-corrected chi connectivity index (χ3v) is 8.27. The summed E-state index contributed by atoms with van der Waals surface area (Å²) in [4.78, 5) is 54.4.